The predicted octanol–water partition coefficient (Wildman–Crippen LogP) is 3.05. The van der Waals surface area contributed by atoms with Gasteiger partial charge >= 0.3 is 0 Å². The van der Waals surface area contributed by atoms with Crippen molar-refractivity contribution in [3.05, 3.63) is 63.7 Å². The zero-order chi connectivity index (χ0) is 14.6. The lowest BCUT2D eigenvalue weighted by molar-refractivity contribution is 0.0976. The Morgan fingerprint density at radius 2 is 1.52 bits per heavy atom. The monoisotopic (exact) mass is 278 g/mol. The van der Waals surface area contributed by atoms with Crippen LogP contribution in [0.2, 0.25) is 0 Å². The molecule has 21 heavy (non-hydrogen) atoms. The predicted molar refractivity (Wildman–Crippen MR) is 78.1 cm³/mol. The van der Waals surface area contributed by atoms with Gasteiger partial charge in [0.1, 0.15) is 5.75 Å². The van der Waals surface area contributed by atoms with E-state index >= 15 is 0 Å². The fourth-order valence-electron chi connectivity index (χ4n) is 3.45. The average Bonchev–Trinajstić information content (AvgIpc) is 2.52. The summed E-state index contributed by atoms with van der Waals surface area (Å²) in [5, 5.41) is 10.5. The number of carbonyl (C=O) groups excluding carboxylic acids is 2. The fourth-order valence-corrected chi connectivity index (χ4v) is 3.45. The molecule has 2 aliphatic rings. The number of phenols is 1. The van der Waals surface area contributed by atoms with Crippen LogP contribution in [0.15, 0.2) is 30.3 Å². The second kappa shape index (κ2) is 4.29. The lowest BCUT2D eigenvalue weighted by Crippen LogP contribution is -2.22. The van der Waals surface area contributed by atoms with Gasteiger partial charge in [0.25, 0.3) is 0 Å². The molecular weight excluding hydrogens is 264 g/mol. The van der Waals surface area contributed by atoms with Crippen LogP contribution >= 0.6 is 0 Å². The Morgan fingerprint density at radius 1 is 0.857 bits per heavy atom. The van der Waals surface area contributed by atoms with Crippen LogP contribution in [-0.2, 0) is 12.8 Å². The molecule has 0 saturated carbocycles. The highest BCUT2D eigenvalue weighted by atomic mass is 16.3. The van der Waals surface area contributed by atoms with E-state index in [4.69, 9.17) is 0 Å². The smallest absolute Gasteiger partial charge is 0.198 e. The molecule has 4 rings (SSSR count). The number of hydrogen-bond acceptors (Lipinski definition) is 3. The van der Waals surface area contributed by atoms with E-state index in [-0.39, 0.29) is 22.9 Å². The molecule has 0 amide bonds. The Kier molecular flexibility index (Phi) is 2.52. The quantitative estimate of drug-likeness (QED) is 0.687. The highest BCUT2D eigenvalue weighted by Gasteiger charge is 2.34. The summed E-state index contributed by atoms with van der Waals surface area (Å²) in [5.41, 5.74) is 3.24. The van der Waals surface area contributed by atoms with Crippen molar-refractivity contribution in [2.24, 2.45) is 0 Å². The first kappa shape index (κ1) is 12.3. The summed E-state index contributed by atoms with van der Waals surface area (Å²) in [6, 6.07) is 8.64. The first-order valence-corrected chi connectivity index (χ1v) is 7.24. The fraction of sp³-hybridized carbons (Fsp3) is 0.222. The molecule has 2 aromatic rings. The van der Waals surface area contributed by atoms with Gasteiger partial charge in [0.2, 0.25) is 0 Å². The maximum absolute atomic E-state index is 12.6. The molecule has 0 atom stereocenters. The van der Waals surface area contributed by atoms with Crippen LogP contribution in [-0.4, -0.2) is 16.7 Å². The zero-order valence-electron chi connectivity index (χ0n) is 11.5. The van der Waals surface area contributed by atoms with E-state index in [0.717, 1.165) is 36.8 Å². The number of hydrogen-bond donors (Lipinski definition) is 1. The Labute approximate surface area is 122 Å². The standard InChI is InChI=1S/C18H14O3/c19-16-12-7-3-4-8-13(12)18(21)15-14(16)9-10-5-1-2-6-11(10)17(15)20/h3-4,7-9,20H,1-2,5-6H2. The number of phenolic OH excluding ortho intramolecular Hbond substituents is 1. The second-order valence-electron chi connectivity index (χ2n) is 5.70. The molecule has 0 heterocycles. The number of aromatic hydroxyl groups is 1. The molecule has 3 nitrogen and oxygen atoms in total. The molecule has 2 aliphatic carbocycles. The van der Waals surface area contributed by atoms with Gasteiger partial charge in [0.05, 0.1) is 5.56 Å². The molecule has 0 aromatic heterocycles. The van der Waals surface area contributed by atoms with Crippen LogP contribution in [0.1, 0.15) is 55.8 Å². The van der Waals surface area contributed by atoms with Crippen molar-refractivity contribution in [1.29, 1.82) is 0 Å². The number of ketones is 2. The third-order valence-corrected chi connectivity index (χ3v) is 4.51. The Balaban J connectivity index is 2.03. The van der Waals surface area contributed by atoms with Crippen LogP contribution < -0.4 is 0 Å². The maximum Gasteiger partial charge on any atom is 0.198 e. The Bertz CT molecular complexity index is 802. The van der Waals surface area contributed by atoms with Crippen molar-refractivity contribution in [3.63, 3.8) is 0 Å². The van der Waals surface area contributed by atoms with Crippen LogP contribution in [0.3, 0.4) is 0 Å². The Hall–Kier alpha value is -2.42. The number of fused-ring (bicyclic) bond motifs is 3. The van der Waals surface area contributed by atoms with Crippen LogP contribution in [0.5, 0.6) is 5.75 Å². The van der Waals surface area contributed by atoms with Gasteiger partial charge in [0, 0.05) is 16.7 Å². The van der Waals surface area contributed by atoms with E-state index in [1.807, 2.05) is 6.07 Å². The minimum Gasteiger partial charge on any atom is -0.507 e. The normalized spacial score (nSPS) is 16.2. The topological polar surface area (TPSA) is 54.4 Å². The number of aryl methyl sites for hydroxylation is 1. The average molecular weight is 278 g/mol. The summed E-state index contributed by atoms with van der Waals surface area (Å²) in [7, 11) is 0. The molecule has 104 valence electrons. The van der Waals surface area contributed by atoms with Gasteiger partial charge in [0.15, 0.2) is 11.6 Å². The molecule has 0 aliphatic heterocycles. The highest BCUT2D eigenvalue weighted by Crippen LogP contribution is 2.39. The van der Waals surface area contributed by atoms with E-state index in [0.29, 0.717) is 16.7 Å². The highest BCUT2D eigenvalue weighted by molar-refractivity contribution is 6.29. The Morgan fingerprint density at radius 3 is 2.29 bits per heavy atom. The van der Waals surface area contributed by atoms with E-state index in [9.17, 15) is 14.7 Å². The molecule has 2 aromatic carbocycles. The first-order valence-electron chi connectivity index (χ1n) is 7.24. The van der Waals surface area contributed by atoms with E-state index < -0.39 is 0 Å². The number of rotatable bonds is 0. The molecule has 0 spiro atoms. The largest absolute Gasteiger partial charge is 0.507 e. The van der Waals surface area contributed by atoms with Gasteiger partial charge in [-0.3, -0.25) is 9.59 Å². The minimum atomic E-state index is -0.244. The van der Waals surface area contributed by atoms with Gasteiger partial charge in [-0.2, -0.15) is 0 Å². The first-order chi connectivity index (χ1) is 10.2. The van der Waals surface area contributed by atoms with Crippen molar-refractivity contribution < 1.29 is 14.7 Å². The third-order valence-electron chi connectivity index (χ3n) is 4.51. The second-order valence-corrected chi connectivity index (χ2v) is 5.70. The summed E-state index contributed by atoms with van der Waals surface area (Å²) in [4.78, 5) is 25.3. The summed E-state index contributed by atoms with van der Waals surface area (Å²) in [6.45, 7) is 0. The minimum absolute atomic E-state index is 0.0232. The van der Waals surface area contributed by atoms with Gasteiger partial charge in [-0.15, -0.1) is 0 Å². The van der Waals surface area contributed by atoms with Crippen molar-refractivity contribution in [1.82, 2.24) is 0 Å². The summed E-state index contributed by atoms with van der Waals surface area (Å²) in [6.07, 6.45) is 3.71. The molecular formula is C18H14O3. The zero-order valence-corrected chi connectivity index (χ0v) is 11.5. The van der Waals surface area contributed by atoms with Crippen LogP contribution in [0.4, 0.5) is 0 Å². The summed E-state index contributed by atoms with van der Waals surface area (Å²) < 4.78 is 0. The molecule has 0 saturated heterocycles. The van der Waals surface area contributed by atoms with Crippen molar-refractivity contribution in [2.75, 3.05) is 0 Å². The van der Waals surface area contributed by atoms with Gasteiger partial charge in [-0.1, -0.05) is 24.3 Å². The van der Waals surface area contributed by atoms with Crippen molar-refractivity contribution >= 4 is 11.6 Å². The maximum atomic E-state index is 12.6. The summed E-state index contributed by atoms with van der Waals surface area (Å²) in [5.74, 6) is -0.384. The molecule has 0 radical (unpaired) electrons. The number of benzene rings is 2. The van der Waals surface area contributed by atoms with E-state index in [1.54, 1.807) is 24.3 Å². The lowest BCUT2D eigenvalue weighted by atomic mass is 9.79. The van der Waals surface area contributed by atoms with E-state index in [2.05, 4.69) is 0 Å². The molecule has 3 heteroatoms. The van der Waals surface area contributed by atoms with Gasteiger partial charge in [-0.25, -0.2) is 0 Å². The van der Waals surface area contributed by atoms with Crippen LogP contribution in [0, 0.1) is 0 Å². The van der Waals surface area contributed by atoms with Crippen molar-refractivity contribution in [2.45, 2.75) is 25.7 Å². The van der Waals surface area contributed by atoms with Gasteiger partial charge < -0.3 is 5.11 Å². The molecule has 1 N–H and O–H groups in total. The molecule has 0 unspecified atom stereocenters. The van der Waals surface area contributed by atoms with Crippen LogP contribution in [0.25, 0.3) is 0 Å². The summed E-state index contributed by atoms with van der Waals surface area (Å²) >= 11 is 0. The van der Waals surface area contributed by atoms with Crippen molar-refractivity contribution in [3.8, 4) is 5.75 Å². The SMILES string of the molecule is O=C1c2ccccc2C(=O)c2c1cc1c(c2O)CCCC1. The molecule has 0 bridgehead atoms. The lowest BCUT2D eigenvalue weighted by Gasteiger charge is -2.24. The third kappa shape index (κ3) is 1.60. The molecule has 0 fully saturated rings. The van der Waals surface area contributed by atoms with Gasteiger partial charge in [-0.05, 0) is 42.9 Å². The van der Waals surface area contributed by atoms with E-state index in [1.165, 1.54) is 0 Å². The number of carbonyl (C=O) groups is 2.